The summed E-state index contributed by atoms with van der Waals surface area (Å²) in [6.45, 7) is 0. The third-order valence-electron chi connectivity index (χ3n) is 2.32. The van der Waals surface area contributed by atoms with Crippen molar-refractivity contribution in [2.75, 3.05) is 0 Å². The van der Waals surface area contributed by atoms with E-state index in [0.717, 1.165) is 30.7 Å². The lowest BCUT2D eigenvalue weighted by Crippen LogP contribution is -1.94. The molecule has 3 heterocycles. The summed E-state index contributed by atoms with van der Waals surface area (Å²) in [5.74, 6) is 1.24. The number of pyridine rings is 1. The van der Waals surface area contributed by atoms with E-state index in [1.807, 2.05) is 18.2 Å². The fourth-order valence-corrected chi connectivity index (χ4v) is 1.62. The molecule has 4 bridgehead atoms. The van der Waals surface area contributed by atoms with Crippen LogP contribution in [0.3, 0.4) is 0 Å². The second-order valence-corrected chi connectivity index (χ2v) is 3.37. The van der Waals surface area contributed by atoms with Gasteiger partial charge in [-0.05, 0) is 25.0 Å². The Hall–Kier alpha value is -1.71. The molecule has 1 aliphatic heterocycles. The van der Waals surface area contributed by atoms with Gasteiger partial charge in [-0.15, -0.1) is 10.2 Å². The molecule has 4 heteroatoms. The van der Waals surface area contributed by atoms with Crippen molar-refractivity contribution in [1.82, 2.24) is 15.2 Å². The lowest BCUT2D eigenvalue weighted by Gasteiger charge is -1.98. The minimum atomic E-state index is 0.531. The summed E-state index contributed by atoms with van der Waals surface area (Å²) in [5, 5.41) is 7.91. The second kappa shape index (κ2) is 2.90. The van der Waals surface area contributed by atoms with Gasteiger partial charge in [-0.1, -0.05) is 6.07 Å². The zero-order chi connectivity index (χ0) is 9.38. The maximum Gasteiger partial charge on any atom is 0.266 e. The Bertz CT molecular complexity index is 464. The maximum atomic E-state index is 5.46. The summed E-state index contributed by atoms with van der Waals surface area (Å²) in [7, 11) is 0. The Morgan fingerprint density at radius 2 is 2.14 bits per heavy atom. The second-order valence-electron chi connectivity index (χ2n) is 3.37. The Balaban J connectivity index is 2.20. The maximum absolute atomic E-state index is 5.46. The van der Waals surface area contributed by atoms with Crippen molar-refractivity contribution < 1.29 is 4.42 Å². The Morgan fingerprint density at radius 1 is 1.14 bits per heavy atom. The molecule has 2 aromatic rings. The number of hydrogen-bond acceptors (Lipinski definition) is 4. The number of fused-ring (bicyclic) bond motifs is 5. The standard InChI is InChI=1S/C10H9N3O/c1-3-7-4-2-6-9-12-13-10(14-9)8(5-1)11-7/h1,3,5H,2,4,6H2. The fourth-order valence-electron chi connectivity index (χ4n) is 1.62. The van der Waals surface area contributed by atoms with E-state index in [2.05, 4.69) is 15.2 Å². The summed E-state index contributed by atoms with van der Waals surface area (Å²) in [4.78, 5) is 4.44. The highest BCUT2D eigenvalue weighted by atomic mass is 16.4. The van der Waals surface area contributed by atoms with Crippen LogP contribution in [0, 0.1) is 0 Å². The van der Waals surface area contributed by atoms with E-state index in [9.17, 15) is 0 Å². The summed E-state index contributed by atoms with van der Waals surface area (Å²) < 4.78 is 5.46. The van der Waals surface area contributed by atoms with Crippen molar-refractivity contribution >= 4 is 0 Å². The molecule has 0 atom stereocenters. The predicted molar refractivity (Wildman–Crippen MR) is 49.6 cm³/mol. The molecule has 0 saturated carbocycles. The van der Waals surface area contributed by atoms with Gasteiger partial charge in [0.25, 0.3) is 5.89 Å². The van der Waals surface area contributed by atoms with Gasteiger partial charge in [-0.3, -0.25) is 0 Å². The third-order valence-corrected chi connectivity index (χ3v) is 2.32. The van der Waals surface area contributed by atoms with E-state index in [4.69, 9.17) is 4.42 Å². The molecular weight excluding hydrogens is 178 g/mol. The molecule has 0 aromatic carbocycles. The van der Waals surface area contributed by atoms with Crippen molar-refractivity contribution in [1.29, 1.82) is 0 Å². The van der Waals surface area contributed by atoms with Gasteiger partial charge in [0.05, 0.1) is 0 Å². The monoisotopic (exact) mass is 187 g/mol. The summed E-state index contributed by atoms with van der Waals surface area (Å²) in [6, 6.07) is 5.91. The number of nitrogens with zero attached hydrogens (tertiary/aromatic N) is 3. The van der Waals surface area contributed by atoms with Crippen molar-refractivity contribution in [3.63, 3.8) is 0 Å². The van der Waals surface area contributed by atoms with Crippen molar-refractivity contribution in [2.45, 2.75) is 19.3 Å². The van der Waals surface area contributed by atoms with Gasteiger partial charge < -0.3 is 4.42 Å². The van der Waals surface area contributed by atoms with Crippen LogP contribution >= 0.6 is 0 Å². The van der Waals surface area contributed by atoms with Crippen LogP contribution in [0.2, 0.25) is 0 Å². The molecule has 1 aliphatic rings. The summed E-state index contributed by atoms with van der Waals surface area (Å²) >= 11 is 0. The minimum Gasteiger partial charge on any atom is -0.419 e. The van der Waals surface area contributed by atoms with Crippen LogP contribution < -0.4 is 0 Å². The molecule has 0 N–H and O–H groups in total. The topological polar surface area (TPSA) is 51.8 Å². The van der Waals surface area contributed by atoms with Gasteiger partial charge in [-0.2, -0.15) is 0 Å². The SMILES string of the molecule is c1cc2nc(c1)-c1nnc(o1)CCC2. The molecule has 70 valence electrons. The van der Waals surface area contributed by atoms with Crippen molar-refractivity contribution in [2.24, 2.45) is 0 Å². The summed E-state index contributed by atoms with van der Waals surface area (Å²) in [5.41, 5.74) is 1.88. The van der Waals surface area contributed by atoms with Crippen LogP contribution in [-0.4, -0.2) is 15.2 Å². The molecule has 3 rings (SSSR count). The van der Waals surface area contributed by atoms with E-state index < -0.39 is 0 Å². The molecule has 4 nitrogen and oxygen atoms in total. The first kappa shape index (κ1) is 7.67. The zero-order valence-electron chi connectivity index (χ0n) is 7.60. The van der Waals surface area contributed by atoms with Crippen LogP contribution in [0.5, 0.6) is 0 Å². The highest BCUT2D eigenvalue weighted by Gasteiger charge is 2.12. The number of aromatic nitrogens is 3. The molecule has 0 spiro atoms. The van der Waals surface area contributed by atoms with Gasteiger partial charge in [0.15, 0.2) is 0 Å². The normalized spacial score (nSPS) is 14.3. The van der Waals surface area contributed by atoms with E-state index in [1.165, 1.54) is 0 Å². The van der Waals surface area contributed by atoms with Gasteiger partial charge in [0, 0.05) is 12.1 Å². The Morgan fingerprint density at radius 3 is 3.14 bits per heavy atom. The zero-order valence-corrected chi connectivity index (χ0v) is 7.60. The van der Waals surface area contributed by atoms with Gasteiger partial charge >= 0.3 is 0 Å². The third kappa shape index (κ3) is 1.19. The van der Waals surface area contributed by atoms with E-state index in [0.29, 0.717) is 11.8 Å². The quantitative estimate of drug-likeness (QED) is 0.628. The van der Waals surface area contributed by atoms with Crippen LogP contribution in [0.25, 0.3) is 11.6 Å². The van der Waals surface area contributed by atoms with Crippen LogP contribution in [0.4, 0.5) is 0 Å². The molecule has 0 unspecified atom stereocenters. The summed E-state index contributed by atoms with van der Waals surface area (Å²) in [6.07, 6.45) is 2.83. The van der Waals surface area contributed by atoms with Crippen molar-refractivity contribution in [3.8, 4) is 11.6 Å². The molecule has 0 radical (unpaired) electrons. The fraction of sp³-hybridized carbons (Fsp3) is 0.300. The average molecular weight is 187 g/mol. The first-order valence-electron chi connectivity index (χ1n) is 4.70. The smallest absolute Gasteiger partial charge is 0.266 e. The molecule has 14 heavy (non-hydrogen) atoms. The van der Waals surface area contributed by atoms with Crippen LogP contribution in [0.15, 0.2) is 22.6 Å². The number of rotatable bonds is 0. The highest BCUT2D eigenvalue weighted by molar-refractivity contribution is 5.46. The van der Waals surface area contributed by atoms with Crippen LogP contribution in [0.1, 0.15) is 18.0 Å². The Kier molecular flexibility index (Phi) is 1.59. The predicted octanol–water partition coefficient (Wildman–Crippen LogP) is 1.62. The Labute approximate surface area is 81.0 Å². The first-order valence-corrected chi connectivity index (χ1v) is 4.70. The number of aryl methyl sites for hydroxylation is 2. The van der Waals surface area contributed by atoms with E-state index in [1.54, 1.807) is 0 Å². The molecule has 0 saturated heterocycles. The van der Waals surface area contributed by atoms with E-state index >= 15 is 0 Å². The molecule has 0 fully saturated rings. The minimum absolute atomic E-state index is 0.531. The first-order chi connectivity index (χ1) is 6.92. The van der Waals surface area contributed by atoms with Gasteiger partial charge in [0.2, 0.25) is 5.89 Å². The largest absolute Gasteiger partial charge is 0.419 e. The molecule has 2 aromatic heterocycles. The lowest BCUT2D eigenvalue weighted by molar-refractivity contribution is 0.499. The van der Waals surface area contributed by atoms with Crippen molar-refractivity contribution in [3.05, 3.63) is 29.8 Å². The van der Waals surface area contributed by atoms with Gasteiger partial charge in [-0.25, -0.2) is 4.98 Å². The lowest BCUT2D eigenvalue weighted by atomic mass is 10.1. The van der Waals surface area contributed by atoms with Gasteiger partial charge in [0.1, 0.15) is 5.69 Å². The van der Waals surface area contributed by atoms with E-state index in [-0.39, 0.29) is 0 Å². The molecular formula is C10H9N3O. The highest BCUT2D eigenvalue weighted by Crippen LogP contribution is 2.19. The number of hydrogen-bond donors (Lipinski definition) is 0. The molecule has 0 amide bonds. The van der Waals surface area contributed by atoms with Crippen LogP contribution in [-0.2, 0) is 12.8 Å². The average Bonchev–Trinajstić information content (AvgIpc) is 2.67. The molecule has 0 aliphatic carbocycles.